The second kappa shape index (κ2) is 6.23. The van der Waals surface area contributed by atoms with E-state index >= 15 is 0 Å². The summed E-state index contributed by atoms with van der Waals surface area (Å²) < 4.78 is 1.25. The normalized spacial score (nSPS) is 11.6. The van der Waals surface area contributed by atoms with Gasteiger partial charge in [-0.25, -0.2) is 9.97 Å². The molecule has 1 N–H and O–H groups in total. The third kappa shape index (κ3) is 3.19. The van der Waals surface area contributed by atoms with E-state index in [9.17, 15) is 9.59 Å². The van der Waals surface area contributed by atoms with Crippen molar-refractivity contribution in [1.29, 1.82) is 0 Å². The molecule has 6 nitrogen and oxygen atoms in total. The minimum absolute atomic E-state index is 0.0370. The highest BCUT2D eigenvalue weighted by atomic mass is 35.5. The fourth-order valence-corrected chi connectivity index (χ4v) is 3.77. The van der Waals surface area contributed by atoms with Crippen molar-refractivity contribution in [2.75, 3.05) is 0 Å². The van der Waals surface area contributed by atoms with Crippen molar-refractivity contribution in [1.82, 2.24) is 14.4 Å². The first-order chi connectivity index (χ1) is 11.0. The van der Waals surface area contributed by atoms with E-state index in [4.69, 9.17) is 16.7 Å². The quantitative estimate of drug-likeness (QED) is 0.766. The molecule has 0 aliphatic rings. The highest BCUT2D eigenvalue weighted by molar-refractivity contribution is 7.15. The molecule has 0 spiro atoms. The molecule has 0 fully saturated rings. The van der Waals surface area contributed by atoms with Crippen LogP contribution in [0.4, 0.5) is 0 Å². The summed E-state index contributed by atoms with van der Waals surface area (Å²) in [5, 5.41) is 11.4. The number of aromatic nitrogens is 3. The van der Waals surface area contributed by atoms with E-state index in [2.05, 4.69) is 9.97 Å². The van der Waals surface area contributed by atoms with Gasteiger partial charge in [-0.2, -0.15) is 0 Å². The molecular weight excluding hydrogens is 358 g/mol. The molecule has 3 heterocycles. The van der Waals surface area contributed by atoms with Crippen LogP contribution in [-0.2, 0) is 11.2 Å². The number of aryl methyl sites for hydroxylation is 1. The van der Waals surface area contributed by atoms with Crippen LogP contribution in [0.25, 0.3) is 17.1 Å². The van der Waals surface area contributed by atoms with Crippen LogP contribution in [0.3, 0.4) is 0 Å². The first kappa shape index (κ1) is 15.9. The predicted molar refractivity (Wildman–Crippen MR) is 91.5 cm³/mol. The Balaban J connectivity index is 2.06. The summed E-state index contributed by atoms with van der Waals surface area (Å²) in [6.45, 7) is 1.90. The SMILES string of the molecule is Cc1ncc(/C=C/c2nc3scc(CC(=O)O)n3c(=O)c2Cl)s1. The number of rotatable bonds is 4. The van der Waals surface area contributed by atoms with Crippen molar-refractivity contribution < 1.29 is 9.90 Å². The van der Waals surface area contributed by atoms with Gasteiger partial charge in [0.15, 0.2) is 4.96 Å². The van der Waals surface area contributed by atoms with Crippen LogP contribution in [0.15, 0.2) is 16.4 Å². The lowest BCUT2D eigenvalue weighted by atomic mass is 10.3. The van der Waals surface area contributed by atoms with Gasteiger partial charge in [0.25, 0.3) is 5.56 Å². The summed E-state index contributed by atoms with van der Waals surface area (Å²) >= 11 is 8.83. The lowest BCUT2D eigenvalue weighted by Gasteiger charge is -2.01. The van der Waals surface area contributed by atoms with Crippen molar-refractivity contribution in [2.24, 2.45) is 0 Å². The van der Waals surface area contributed by atoms with Crippen molar-refractivity contribution in [2.45, 2.75) is 13.3 Å². The molecule has 3 aromatic heterocycles. The maximum absolute atomic E-state index is 12.4. The largest absolute Gasteiger partial charge is 0.481 e. The van der Waals surface area contributed by atoms with E-state index in [-0.39, 0.29) is 11.4 Å². The highest BCUT2D eigenvalue weighted by Gasteiger charge is 2.15. The first-order valence-corrected chi connectivity index (χ1v) is 8.54. The van der Waals surface area contributed by atoms with Crippen LogP contribution in [0.5, 0.6) is 0 Å². The molecule has 0 aliphatic carbocycles. The molecule has 0 unspecified atom stereocenters. The molecule has 0 aromatic carbocycles. The Morgan fingerprint density at radius 3 is 2.91 bits per heavy atom. The van der Waals surface area contributed by atoms with Gasteiger partial charge in [-0.1, -0.05) is 11.6 Å². The lowest BCUT2D eigenvalue weighted by molar-refractivity contribution is -0.136. The van der Waals surface area contributed by atoms with Crippen molar-refractivity contribution in [3.63, 3.8) is 0 Å². The monoisotopic (exact) mass is 367 g/mol. The molecule has 0 radical (unpaired) electrons. The molecule has 0 atom stereocenters. The molecule has 0 aliphatic heterocycles. The number of thiazole rings is 2. The average Bonchev–Trinajstić information content (AvgIpc) is 3.07. The molecule has 0 bridgehead atoms. The summed E-state index contributed by atoms with van der Waals surface area (Å²) in [7, 11) is 0. The van der Waals surface area contributed by atoms with Crippen LogP contribution in [0, 0.1) is 6.92 Å². The zero-order valence-electron chi connectivity index (χ0n) is 11.8. The number of halogens is 1. The van der Waals surface area contributed by atoms with Crippen LogP contribution < -0.4 is 5.56 Å². The number of carboxylic acid groups (broad SMARTS) is 1. The Kier molecular flexibility index (Phi) is 4.29. The molecule has 9 heteroatoms. The molecule has 118 valence electrons. The number of hydrogen-bond acceptors (Lipinski definition) is 6. The summed E-state index contributed by atoms with van der Waals surface area (Å²) in [5.41, 5.74) is 0.256. The number of hydrogen-bond donors (Lipinski definition) is 1. The second-order valence-electron chi connectivity index (χ2n) is 4.65. The molecule has 3 rings (SSSR count). The topological polar surface area (TPSA) is 84.6 Å². The number of aliphatic carboxylic acids is 1. The zero-order chi connectivity index (χ0) is 16.6. The van der Waals surface area contributed by atoms with Gasteiger partial charge in [0.2, 0.25) is 0 Å². The maximum Gasteiger partial charge on any atom is 0.309 e. The van der Waals surface area contributed by atoms with E-state index in [1.807, 2.05) is 6.92 Å². The maximum atomic E-state index is 12.4. The molecule has 0 saturated carbocycles. The second-order valence-corrected chi connectivity index (χ2v) is 7.13. The summed E-state index contributed by atoms with van der Waals surface area (Å²) in [5.74, 6) is -1.02. The molecule has 0 amide bonds. The van der Waals surface area contributed by atoms with Crippen LogP contribution in [0.1, 0.15) is 21.3 Å². The Labute approximate surface area is 143 Å². The first-order valence-electron chi connectivity index (χ1n) is 6.46. The highest BCUT2D eigenvalue weighted by Crippen LogP contribution is 2.20. The smallest absolute Gasteiger partial charge is 0.309 e. The Morgan fingerprint density at radius 1 is 1.48 bits per heavy atom. The van der Waals surface area contributed by atoms with Crippen molar-refractivity contribution in [3.8, 4) is 0 Å². The summed E-state index contributed by atoms with van der Waals surface area (Å²) in [6.07, 6.45) is 4.92. The Hall–Kier alpha value is -2.03. The number of nitrogens with zero attached hydrogens (tertiary/aromatic N) is 3. The molecular formula is C14H10ClN3O3S2. The van der Waals surface area contributed by atoms with Gasteiger partial charge in [-0.3, -0.25) is 14.0 Å². The lowest BCUT2D eigenvalue weighted by Crippen LogP contribution is -2.19. The molecule has 0 saturated heterocycles. The van der Waals surface area contributed by atoms with E-state index in [0.29, 0.717) is 16.3 Å². The summed E-state index contributed by atoms with van der Waals surface area (Å²) in [4.78, 5) is 33.1. The number of carbonyl (C=O) groups is 1. The van der Waals surface area contributed by atoms with E-state index in [1.165, 1.54) is 27.1 Å². The Morgan fingerprint density at radius 2 is 2.26 bits per heavy atom. The third-order valence-corrected chi connectivity index (χ3v) is 5.10. The van der Waals surface area contributed by atoms with Gasteiger partial charge in [0.05, 0.1) is 17.1 Å². The van der Waals surface area contributed by atoms with Gasteiger partial charge < -0.3 is 5.11 Å². The van der Waals surface area contributed by atoms with Crippen molar-refractivity contribution >= 4 is 57.4 Å². The molecule has 3 aromatic rings. The van der Waals surface area contributed by atoms with Gasteiger partial charge in [0, 0.05) is 22.1 Å². The van der Waals surface area contributed by atoms with Crippen molar-refractivity contribution in [3.05, 3.63) is 48.2 Å². The standard InChI is InChI=1S/C14H10ClN3O3S2/c1-7-16-5-9(23-7)2-3-10-12(15)13(21)18-8(4-11(19)20)6-22-14(18)17-10/h2-3,5-6H,4H2,1H3,(H,19,20)/b3-2+. The predicted octanol–water partition coefficient (Wildman–Crippen LogP) is 2.97. The Bertz CT molecular complexity index is 987. The van der Waals surface area contributed by atoms with Crippen LogP contribution in [0.2, 0.25) is 5.02 Å². The van der Waals surface area contributed by atoms with Gasteiger partial charge in [-0.05, 0) is 19.1 Å². The fraction of sp³-hybridized carbons (Fsp3) is 0.143. The fourth-order valence-electron chi connectivity index (χ4n) is 2.00. The van der Waals surface area contributed by atoms with E-state index in [1.54, 1.807) is 23.7 Å². The number of fused-ring (bicyclic) bond motifs is 1. The van der Waals surface area contributed by atoms with Crippen LogP contribution in [-0.4, -0.2) is 25.4 Å². The molecule has 23 heavy (non-hydrogen) atoms. The van der Waals surface area contributed by atoms with Crippen LogP contribution >= 0.6 is 34.3 Å². The van der Waals surface area contributed by atoms with E-state index in [0.717, 1.165) is 9.88 Å². The summed E-state index contributed by atoms with van der Waals surface area (Å²) in [6, 6.07) is 0. The zero-order valence-corrected chi connectivity index (χ0v) is 14.2. The van der Waals surface area contributed by atoms with Gasteiger partial charge >= 0.3 is 5.97 Å². The van der Waals surface area contributed by atoms with Gasteiger partial charge in [0.1, 0.15) is 5.02 Å². The minimum Gasteiger partial charge on any atom is -0.481 e. The average molecular weight is 368 g/mol. The third-order valence-electron chi connectivity index (χ3n) is 2.99. The minimum atomic E-state index is -1.02. The number of carboxylic acids is 1. The van der Waals surface area contributed by atoms with Gasteiger partial charge in [-0.15, -0.1) is 22.7 Å². The van der Waals surface area contributed by atoms with E-state index < -0.39 is 11.5 Å².